The van der Waals surface area contributed by atoms with Crippen molar-refractivity contribution in [2.24, 2.45) is 5.92 Å². The van der Waals surface area contributed by atoms with Crippen LogP contribution in [0.5, 0.6) is 0 Å². The molecule has 0 aromatic carbocycles. The van der Waals surface area contributed by atoms with Crippen LogP contribution in [0.3, 0.4) is 0 Å². The Morgan fingerprint density at radius 1 is 1.31 bits per heavy atom. The molecule has 10 nitrogen and oxygen atoms in total. The van der Waals surface area contributed by atoms with Crippen molar-refractivity contribution < 1.29 is 14.4 Å². The zero-order chi connectivity index (χ0) is 18.8. The molecule has 0 bridgehead atoms. The molecule has 2 atom stereocenters. The molecule has 2 aliphatic heterocycles. The molecule has 1 aromatic heterocycles. The monoisotopic (exact) mass is 363 g/mol. The van der Waals surface area contributed by atoms with Crippen LogP contribution in [0.25, 0.3) is 0 Å². The van der Waals surface area contributed by atoms with Crippen LogP contribution in [-0.4, -0.2) is 94.0 Å². The van der Waals surface area contributed by atoms with Crippen LogP contribution >= 0.6 is 0 Å². The molecule has 0 spiro atoms. The molecule has 1 N–H and O–H groups in total. The van der Waals surface area contributed by atoms with Crippen molar-refractivity contribution in [3.63, 3.8) is 0 Å². The van der Waals surface area contributed by atoms with Gasteiger partial charge in [0.2, 0.25) is 11.9 Å². The van der Waals surface area contributed by atoms with Crippen LogP contribution in [-0.2, 0) is 20.9 Å². The van der Waals surface area contributed by atoms with Crippen LogP contribution in [0.1, 0.15) is 12.8 Å². The summed E-state index contributed by atoms with van der Waals surface area (Å²) in [5.74, 6) is -0.979. The van der Waals surface area contributed by atoms with Gasteiger partial charge in [-0.15, -0.1) is 5.10 Å². The molecule has 3 amide bonds. The molecular formula is C16H25N7O3. The van der Waals surface area contributed by atoms with Crippen molar-refractivity contribution in [3.8, 4) is 0 Å². The number of carbonyl (C=O) groups is 3. The summed E-state index contributed by atoms with van der Waals surface area (Å²) in [5.41, 5.74) is 0. The average Bonchev–Trinajstić information content (AvgIpc) is 3.18. The lowest BCUT2D eigenvalue weighted by Gasteiger charge is -2.36. The fourth-order valence-corrected chi connectivity index (χ4v) is 3.64. The highest BCUT2D eigenvalue weighted by molar-refractivity contribution is 6.39. The van der Waals surface area contributed by atoms with E-state index in [2.05, 4.69) is 20.3 Å². The van der Waals surface area contributed by atoms with Gasteiger partial charge >= 0.3 is 11.8 Å². The lowest BCUT2D eigenvalue weighted by molar-refractivity contribution is -0.146. The number of likely N-dealkylation sites (N-methyl/N-ethyl adjacent to an activating group) is 2. The third-order valence-corrected chi connectivity index (χ3v) is 4.98. The number of fused-ring (bicyclic) bond motifs is 1. The summed E-state index contributed by atoms with van der Waals surface area (Å²) in [5, 5.41) is 6.47. The second kappa shape index (κ2) is 7.40. The number of carbonyl (C=O) groups excluding carboxylic acids is 3. The zero-order valence-corrected chi connectivity index (χ0v) is 15.4. The Labute approximate surface area is 152 Å². The number of nitrogens with one attached hydrogen (secondary N) is 1. The maximum Gasteiger partial charge on any atom is 0.316 e. The number of amides is 3. The summed E-state index contributed by atoms with van der Waals surface area (Å²) >= 11 is 0. The Bertz CT molecular complexity index is 702. The van der Waals surface area contributed by atoms with Gasteiger partial charge < -0.3 is 14.7 Å². The number of rotatable bonds is 3. The van der Waals surface area contributed by atoms with Crippen LogP contribution < -0.4 is 5.32 Å². The second-order valence-electron chi connectivity index (χ2n) is 7.20. The fraction of sp³-hybridized carbons (Fsp3) is 0.688. The highest BCUT2D eigenvalue weighted by Gasteiger charge is 2.41. The topological polar surface area (TPSA) is 104 Å². The van der Waals surface area contributed by atoms with E-state index in [1.165, 1.54) is 15.9 Å². The summed E-state index contributed by atoms with van der Waals surface area (Å²) in [6.45, 7) is 2.37. The number of hydrogen-bond acceptors (Lipinski definition) is 6. The third-order valence-electron chi connectivity index (χ3n) is 4.98. The van der Waals surface area contributed by atoms with Gasteiger partial charge in [0.1, 0.15) is 12.9 Å². The Morgan fingerprint density at radius 3 is 2.81 bits per heavy atom. The molecule has 10 heteroatoms. The molecule has 142 valence electrons. The van der Waals surface area contributed by atoms with Crippen LogP contribution in [0.2, 0.25) is 0 Å². The lowest BCUT2D eigenvalue weighted by Crippen LogP contribution is -2.52. The summed E-state index contributed by atoms with van der Waals surface area (Å²) in [4.78, 5) is 45.9. The Hall–Kier alpha value is -2.49. The number of piperidine rings is 1. The van der Waals surface area contributed by atoms with Crippen LogP contribution in [0.4, 0.5) is 5.95 Å². The molecule has 0 aliphatic carbocycles. The van der Waals surface area contributed by atoms with Gasteiger partial charge in [0.25, 0.3) is 0 Å². The second-order valence-corrected chi connectivity index (χ2v) is 7.20. The maximum absolute atomic E-state index is 12.6. The summed E-state index contributed by atoms with van der Waals surface area (Å²) in [6.07, 6.45) is 3.35. The molecule has 3 rings (SSSR count). The molecule has 26 heavy (non-hydrogen) atoms. The predicted molar refractivity (Wildman–Crippen MR) is 93.1 cm³/mol. The first-order valence-corrected chi connectivity index (χ1v) is 8.75. The highest BCUT2D eigenvalue weighted by Crippen LogP contribution is 2.29. The van der Waals surface area contributed by atoms with E-state index < -0.39 is 11.8 Å². The minimum Gasteiger partial charge on any atom is -0.347 e. The van der Waals surface area contributed by atoms with E-state index in [1.807, 2.05) is 7.05 Å². The molecule has 0 unspecified atom stereocenters. The Morgan fingerprint density at radius 2 is 2.08 bits per heavy atom. The summed E-state index contributed by atoms with van der Waals surface area (Å²) < 4.78 is 1.32. The van der Waals surface area contributed by atoms with E-state index in [4.69, 9.17) is 0 Å². The van der Waals surface area contributed by atoms with Gasteiger partial charge in [0.05, 0.1) is 0 Å². The minimum absolute atomic E-state index is 0.0199. The van der Waals surface area contributed by atoms with Gasteiger partial charge in [-0.25, -0.2) is 9.67 Å². The summed E-state index contributed by atoms with van der Waals surface area (Å²) in [6, 6.07) is 0.0928. The molecule has 1 aromatic rings. The fourth-order valence-electron chi connectivity index (χ4n) is 3.64. The first-order valence-electron chi connectivity index (χ1n) is 8.75. The minimum atomic E-state index is -0.739. The largest absolute Gasteiger partial charge is 0.347 e. The molecule has 2 fully saturated rings. The van der Waals surface area contributed by atoms with Crippen molar-refractivity contribution in [3.05, 3.63) is 6.33 Å². The number of aromatic nitrogens is 3. The molecule has 0 radical (unpaired) electrons. The van der Waals surface area contributed by atoms with Crippen molar-refractivity contribution in [2.75, 3.05) is 46.1 Å². The molecule has 2 aliphatic rings. The van der Waals surface area contributed by atoms with E-state index in [1.54, 1.807) is 19.0 Å². The first-order chi connectivity index (χ1) is 12.3. The Balaban J connectivity index is 1.60. The zero-order valence-electron chi connectivity index (χ0n) is 15.4. The Kier molecular flexibility index (Phi) is 5.21. The number of anilines is 1. The molecule has 0 saturated carbocycles. The SMILES string of the molecule is CN1C[C@@H]2CCCN(C(=O)C(=O)Nc3ncn(CC(=O)N(C)C)n3)[C@@H]2C1. The van der Waals surface area contributed by atoms with Crippen molar-refractivity contribution in [2.45, 2.75) is 25.4 Å². The maximum atomic E-state index is 12.6. The van der Waals surface area contributed by atoms with Crippen molar-refractivity contribution in [1.82, 2.24) is 29.5 Å². The van der Waals surface area contributed by atoms with Gasteiger partial charge in [0, 0.05) is 39.8 Å². The van der Waals surface area contributed by atoms with Gasteiger partial charge in [-0.2, -0.15) is 0 Å². The van der Waals surface area contributed by atoms with Gasteiger partial charge in [-0.3, -0.25) is 19.7 Å². The summed E-state index contributed by atoms with van der Waals surface area (Å²) in [7, 11) is 5.33. The normalized spacial score (nSPS) is 22.8. The predicted octanol–water partition coefficient (Wildman–Crippen LogP) is -1.14. The van der Waals surface area contributed by atoms with Crippen molar-refractivity contribution in [1.29, 1.82) is 0 Å². The number of likely N-dealkylation sites (tertiary alicyclic amines) is 2. The highest BCUT2D eigenvalue weighted by atomic mass is 16.2. The number of hydrogen-bond donors (Lipinski definition) is 1. The third kappa shape index (κ3) is 3.85. The molecule has 2 saturated heterocycles. The van der Waals surface area contributed by atoms with Gasteiger partial charge in [0.15, 0.2) is 0 Å². The molecular weight excluding hydrogens is 338 g/mol. The van der Waals surface area contributed by atoms with Gasteiger partial charge in [-0.1, -0.05) is 0 Å². The number of nitrogens with zero attached hydrogens (tertiary/aromatic N) is 6. The van der Waals surface area contributed by atoms with E-state index in [0.717, 1.165) is 25.9 Å². The van der Waals surface area contributed by atoms with Gasteiger partial charge in [-0.05, 0) is 25.8 Å². The average molecular weight is 363 g/mol. The van der Waals surface area contributed by atoms with Crippen molar-refractivity contribution >= 4 is 23.7 Å². The first kappa shape index (κ1) is 18.3. The van der Waals surface area contributed by atoms with Crippen LogP contribution in [0, 0.1) is 5.92 Å². The van der Waals surface area contributed by atoms with E-state index in [9.17, 15) is 14.4 Å². The van der Waals surface area contributed by atoms with E-state index in [-0.39, 0.29) is 24.4 Å². The standard InChI is InChI=1S/C16H25N7O3/c1-20(2)13(24)9-22-10-17-16(19-22)18-14(25)15(26)23-6-4-5-11-7-21(3)8-12(11)23/h10-12H,4-9H2,1-3H3,(H,18,19,25)/t11-,12+/m0/s1. The van der Waals surface area contributed by atoms with E-state index >= 15 is 0 Å². The smallest absolute Gasteiger partial charge is 0.316 e. The molecule has 3 heterocycles. The quantitative estimate of drug-likeness (QED) is 0.681. The van der Waals surface area contributed by atoms with Crippen LogP contribution in [0.15, 0.2) is 6.33 Å². The lowest BCUT2D eigenvalue weighted by atomic mass is 9.92. The van der Waals surface area contributed by atoms with E-state index in [0.29, 0.717) is 12.5 Å².